The van der Waals surface area contributed by atoms with Gasteiger partial charge in [0.05, 0.1) is 6.42 Å². The number of benzene rings is 1. The van der Waals surface area contributed by atoms with Gasteiger partial charge in [0.25, 0.3) is 0 Å². The van der Waals surface area contributed by atoms with Gasteiger partial charge in [-0.15, -0.1) is 0 Å². The Morgan fingerprint density at radius 2 is 1.92 bits per heavy atom. The van der Waals surface area contributed by atoms with E-state index in [0.29, 0.717) is 5.56 Å². The quantitative estimate of drug-likeness (QED) is 0.619. The standard InChI is InChI=1S/C11H11O/c1-9(2)8-11(12)10-6-4-3-5-7-10/h3-8H,1H2,2H3. The molecule has 0 spiro atoms. The van der Waals surface area contributed by atoms with E-state index in [0.717, 1.165) is 5.57 Å². The summed E-state index contributed by atoms with van der Waals surface area (Å²) in [4.78, 5) is 11.3. The molecular formula is C11H11O. The molecule has 1 rings (SSSR count). The molecule has 0 N–H and O–H groups in total. The van der Waals surface area contributed by atoms with Gasteiger partial charge >= 0.3 is 0 Å². The van der Waals surface area contributed by atoms with Crippen LogP contribution in [0.15, 0.2) is 42.5 Å². The lowest BCUT2D eigenvalue weighted by Gasteiger charge is -1.97. The van der Waals surface area contributed by atoms with Crippen LogP contribution in [0.25, 0.3) is 0 Å². The summed E-state index contributed by atoms with van der Waals surface area (Å²) in [6.07, 6.45) is 1.54. The van der Waals surface area contributed by atoms with Crippen LogP contribution >= 0.6 is 0 Å². The maximum Gasteiger partial charge on any atom is 0.171 e. The van der Waals surface area contributed by atoms with E-state index in [-0.39, 0.29) is 5.78 Å². The number of rotatable bonds is 3. The van der Waals surface area contributed by atoms with Gasteiger partial charge in [-0.3, -0.25) is 4.79 Å². The summed E-state index contributed by atoms with van der Waals surface area (Å²) in [6.45, 7) is 5.45. The fraction of sp³-hybridized carbons (Fsp3) is 0.0909. The summed E-state index contributed by atoms with van der Waals surface area (Å²) in [6, 6.07) is 9.17. The Bertz CT molecular complexity index is 285. The molecule has 12 heavy (non-hydrogen) atoms. The minimum absolute atomic E-state index is 0.0168. The number of allylic oxidation sites excluding steroid dienone is 1. The molecule has 1 aromatic rings. The normalized spacial score (nSPS) is 9.42. The minimum atomic E-state index is 0.0168. The average Bonchev–Trinajstić information content (AvgIpc) is 2.05. The number of carbonyl (C=O) groups is 1. The molecule has 61 valence electrons. The lowest BCUT2D eigenvalue weighted by atomic mass is 10.1. The zero-order chi connectivity index (χ0) is 8.97. The van der Waals surface area contributed by atoms with Crippen molar-refractivity contribution < 1.29 is 4.79 Å². The molecule has 0 heterocycles. The Hall–Kier alpha value is -1.37. The molecule has 0 amide bonds. The van der Waals surface area contributed by atoms with Crippen LogP contribution < -0.4 is 0 Å². The van der Waals surface area contributed by atoms with Crippen LogP contribution in [-0.2, 0) is 0 Å². The number of hydrogen-bond acceptors (Lipinski definition) is 1. The Kier molecular flexibility index (Phi) is 2.81. The van der Waals surface area contributed by atoms with E-state index < -0.39 is 0 Å². The zero-order valence-electron chi connectivity index (χ0n) is 7.08. The van der Waals surface area contributed by atoms with Crippen LogP contribution in [0.5, 0.6) is 0 Å². The van der Waals surface area contributed by atoms with E-state index in [9.17, 15) is 4.79 Å². The second-order valence-electron chi connectivity index (χ2n) is 2.72. The molecule has 1 aromatic carbocycles. The van der Waals surface area contributed by atoms with Crippen LogP contribution in [0.2, 0.25) is 0 Å². The van der Waals surface area contributed by atoms with Gasteiger partial charge in [-0.1, -0.05) is 42.5 Å². The molecule has 0 atom stereocenters. The number of ketones is 1. The van der Waals surface area contributed by atoms with Gasteiger partial charge in [0, 0.05) is 5.56 Å². The van der Waals surface area contributed by atoms with Gasteiger partial charge in [0.2, 0.25) is 0 Å². The smallest absolute Gasteiger partial charge is 0.171 e. The van der Waals surface area contributed by atoms with Gasteiger partial charge in [-0.05, 0) is 6.92 Å². The fourth-order valence-corrected chi connectivity index (χ4v) is 0.910. The second-order valence-corrected chi connectivity index (χ2v) is 2.72. The summed E-state index contributed by atoms with van der Waals surface area (Å²) in [7, 11) is 0. The first-order valence-electron chi connectivity index (χ1n) is 3.80. The molecule has 1 radical (unpaired) electrons. The van der Waals surface area contributed by atoms with E-state index in [1.165, 1.54) is 6.42 Å². The highest BCUT2D eigenvalue weighted by Gasteiger charge is 2.03. The van der Waals surface area contributed by atoms with Gasteiger partial charge < -0.3 is 0 Å². The van der Waals surface area contributed by atoms with E-state index in [2.05, 4.69) is 6.58 Å². The van der Waals surface area contributed by atoms with E-state index in [1.807, 2.05) is 18.2 Å². The summed E-state index contributed by atoms with van der Waals surface area (Å²) in [5.41, 5.74) is 1.49. The number of carbonyl (C=O) groups excluding carboxylic acids is 1. The van der Waals surface area contributed by atoms with Crippen LogP contribution in [0.3, 0.4) is 0 Å². The Labute approximate surface area is 72.7 Å². The molecule has 1 heteroatoms. The summed E-state index contributed by atoms with van der Waals surface area (Å²) in [5.74, 6) is 0.0168. The molecule has 0 aliphatic heterocycles. The van der Waals surface area contributed by atoms with Crippen molar-refractivity contribution in [3.8, 4) is 0 Å². The molecular weight excluding hydrogens is 148 g/mol. The van der Waals surface area contributed by atoms with Crippen LogP contribution in [-0.4, -0.2) is 5.78 Å². The molecule has 0 bridgehead atoms. The fourth-order valence-electron chi connectivity index (χ4n) is 0.910. The predicted octanol–water partition coefficient (Wildman–Crippen LogP) is 2.65. The van der Waals surface area contributed by atoms with Crippen molar-refractivity contribution in [1.29, 1.82) is 0 Å². The highest BCUT2D eigenvalue weighted by atomic mass is 16.1. The Morgan fingerprint density at radius 3 is 2.42 bits per heavy atom. The Morgan fingerprint density at radius 1 is 1.33 bits per heavy atom. The third-order valence-corrected chi connectivity index (χ3v) is 1.44. The van der Waals surface area contributed by atoms with Gasteiger partial charge in [-0.25, -0.2) is 0 Å². The summed E-state index contributed by atoms with van der Waals surface area (Å²) in [5, 5.41) is 0. The van der Waals surface area contributed by atoms with Crippen molar-refractivity contribution in [3.63, 3.8) is 0 Å². The van der Waals surface area contributed by atoms with Crippen molar-refractivity contribution in [1.82, 2.24) is 0 Å². The van der Waals surface area contributed by atoms with E-state index in [1.54, 1.807) is 19.1 Å². The highest BCUT2D eigenvalue weighted by Crippen LogP contribution is 2.05. The molecule has 0 saturated heterocycles. The van der Waals surface area contributed by atoms with Crippen LogP contribution in [0.1, 0.15) is 17.3 Å². The molecule has 0 saturated carbocycles. The minimum Gasteiger partial charge on any atom is -0.293 e. The number of hydrogen-bond donors (Lipinski definition) is 0. The number of Topliss-reactive ketones (excluding diaryl/α,β-unsaturated/α-hetero) is 1. The molecule has 0 aliphatic carbocycles. The van der Waals surface area contributed by atoms with Gasteiger partial charge in [0.1, 0.15) is 0 Å². The van der Waals surface area contributed by atoms with E-state index in [4.69, 9.17) is 0 Å². The zero-order valence-corrected chi connectivity index (χ0v) is 7.08. The lowest BCUT2D eigenvalue weighted by molar-refractivity contribution is 0.103. The van der Waals surface area contributed by atoms with Crippen molar-refractivity contribution in [2.24, 2.45) is 0 Å². The molecule has 0 fully saturated rings. The Balaban J connectivity index is 2.73. The first kappa shape index (κ1) is 8.72. The second kappa shape index (κ2) is 3.86. The largest absolute Gasteiger partial charge is 0.293 e. The third-order valence-electron chi connectivity index (χ3n) is 1.44. The molecule has 1 nitrogen and oxygen atoms in total. The molecule has 0 unspecified atom stereocenters. The van der Waals surface area contributed by atoms with Crippen molar-refractivity contribution in [2.75, 3.05) is 0 Å². The van der Waals surface area contributed by atoms with E-state index >= 15 is 0 Å². The summed E-state index contributed by atoms with van der Waals surface area (Å²) < 4.78 is 0. The first-order valence-corrected chi connectivity index (χ1v) is 3.80. The van der Waals surface area contributed by atoms with Crippen molar-refractivity contribution in [3.05, 3.63) is 54.5 Å². The molecule has 0 aromatic heterocycles. The molecule has 0 aliphatic rings. The van der Waals surface area contributed by atoms with Crippen molar-refractivity contribution >= 4 is 5.78 Å². The SMILES string of the molecule is C=C(C)[CH]C(=O)c1ccccc1. The lowest BCUT2D eigenvalue weighted by Crippen LogP contribution is -1.99. The first-order chi connectivity index (χ1) is 5.70. The van der Waals surface area contributed by atoms with Crippen LogP contribution in [0, 0.1) is 6.42 Å². The van der Waals surface area contributed by atoms with Gasteiger partial charge in [-0.2, -0.15) is 0 Å². The topological polar surface area (TPSA) is 17.1 Å². The maximum absolute atomic E-state index is 11.3. The predicted molar refractivity (Wildman–Crippen MR) is 49.9 cm³/mol. The highest BCUT2D eigenvalue weighted by molar-refractivity contribution is 6.04. The maximum atomic E-state index is 11.3. The average molecular weight is 159 g/mol. The monoisotopic (exact) mass is 159 g/mol. The third kappa shape index (κ3) is 2.35. The summed E-state index contributed by atoms with van der Waals surface area (Å²) >= 11 is 0. The van der Waals surface area contributed by atoms with Gasteiger partial charge in [0.15, 0.2) is 5.78 Å². The van der Waals surface area contributed by atoms with Crippen LogP contribution in [0.4, 0.5) is 0 Å². The van der Waals surface area contributed by atoms with Crippen molar-refractivity contribution in [2.45, 2.75) is 6.92 Å².